The Morgan fingerprint density at radius 2 is 1.89 bits per heavy atom. The van der Waals surface area contributed by atoms with E-state index in [2.05, 4.69) is 5.92 Å². The van der Waals surface area contributed by atoms with Crippen LogP contribution in [0.5, 0.6) is 0 Å². The monoisotopic (exact) mass is 258 g/mol. The van der Waals surface area contributed by atoms with Gasteiger partial charge in [-0.05, 0) is 5.56 Å². The van der Waals surface area contributed by atoms with Crippen LogP contribution in [0.1, 0.15) is 5.56 Å². The van der Waals surface area contributed by atoms with Crippen molar-refractivity contribution in [2.75, 3.05) is 6.61 Å². The van der Waals surface area contributed by atoms with Crippen LogP contribution < -0.4 is 0 Å². The van der Waals surface area contributed by atoms with Crippen molar-refractivity contribution in [3.05, 3.63) is 47.8 Å². The minimum Gasteiger partial charge on any atom is -0.364 e. The fraction of sp³-hybridized carbons (Fsp3) is 0.231. The van der Waals surface area contributed by atoms with Crippen molar-refractivity contribution in [3.63, 3.8) is 0 Å². The van der Waals surface area contributed by atoms with Gasteiger partial charge >= 0.3 is 6.18 Å². The van der Waals surface area contributed by atoms with E-state index in [1.54, 1.807) is 0 Å². The third-order valence-corrected chi connectivity index (χ3v) is 1.86. The fourth-order valence-corrected chi connectivity index (χ4v) is 1.03. The van der Waals surface area contributed by atoms with Crippen molar-refractivity contribution in [3.8, 4) is 11.8 Å². The Morgan fingerprint density at radius 1 is 1.22 bits per heavy atom. The van der Waals surface area contributed by atoms with E-state index in [1.165, 1.54) is 0 Å². The van der Waals surface area contributed by atoms with Gasteiger partial charge in [0.2, 0.25) is 5.83 Å². The molecule has 0 bridgehead atoms. The van der Waals surface area contributed by atoms with Crippen LogP contribution in [0, 0.1) is 11.8 Å². The van der Waals surface area contributed by atoms with E-state index < -0.39 is 12.0 Å². The molecule has 5 heteroatoms. The summed E-state index contributed by atoms with van der Waals surface area (Å²) in [5, 5.41) is 0. The molecular formula is C13H10F4O. The van der Waals surface area contributed by atoms with Crippen LogP contribution in [-0.2, 0) is 11.3 Å². The first-order valence-corrected chi connectivity index (χ1v) is 5.03. The van der Waals surface area contributed by atoms with Gasteiger partial charge in [-0.15, -0.1) is 0 Å². The summed E-state index contributed by atoms with van der Waals surface area (Å²) in [7, 11) is 0. The molecule has 96 valence electrons. The first-order valence-electron chi connectivity index (χ1n) is 5.03. The number of benzene rings is 1. The van der Waals surface area contributed by atoms with Crippen molar-refractivity contribution in [1.29, 1.82) is 0 Å². The molecule has 18 heavy (non-hydrogen) atoms. The van der Waals surface area contributed by atoms with Crippen LogP contribution in [-0.4, -0.2) is 12.8 Å². The lowest BCUT2D eigenvalue weighted by Gasteiger charge is -1.99. The zero-order chi connectivity index (χ0) is 13.4. The molecule has 0 saturated heterocycles. The maximum absolute atomic E-state index is 12.3. The third kappa shape index (κ3) is 5.51. The Hall–Kier alpha value is -1.80. The fourth-order valence-electron chi connectivity index (χ4n) is 1.03. The van der Waals surface area contributed by atoms with Gasteiger partial charge < -0.3 is 4.74 Å². The predicted octanol–water partition coefficient (Wildman–Crippen LogP) is 3.62. The van der Waals surface area contributed by atoms with Crippen LogP contribution in [0.3, 0.4) is 0 Å². The molecule has 0 aliphatic heterocycles. The Balaban J connectivity index is 2.31. The maximum atomic E-state index is 12.3. The van der Waals surface area contributed by atoms with Crippen molar-refractivity contribution < 1.29 is 22.3 Å². The van der Waals surface area contributed by atoms with E-state index in [4.69, 9.17) is 4.74 Å². The SMILES string of the molecule is F/C(=C\C#CCOCc1ccccc1)C(F)(F)F. The van der Waals surface area contributed by atoms with Gasteiger partial charge in [-0.2, -0.15) is 13.2 Å². The Morgan fingerprint density at radius 3 is 2.50 bits per heavy atom. The molecule has 0 unspecified atom stereocenters. The highest BCUT2D eigenvalue weighted by molar-refractivity contribution is 5.20. The number of hydrogen-bond acceptors (Lipinski definition) is 1. The number of halogens is 4. The molecule has 0 N–H and O–H groups in total. The third-order valence-electron chi connectivity index (χ3n) is 1.86. The summed E-state index contributed by atoms with van der Waals surface area (Å²) in [5.74, 6) is 2.01. The summed E-state index contributed by atoms with van der Waals surface area (Å²) in [4.78, 5) is 0. The van der Waals surface area contributed by atoms with Crippen LogP contribution in [0.4, 0.5) is 17.6 Å². The molecule has 0 radical (unpaired) electrons. The summed E-state index contributed by atoms with van der Waals surface area (Å²) in [5.41, 5.74) is 0.927. The number of ether oxygens (including phenoxy) is 1. The lowest BCUT2D eigenvalue weighted by molar-refractivity contribution is -0.108. The smallest absolute Gasteiger partial charge is 0.364 e. The van der Waals surface area contributed by atoms with Crippen LogP contribution in [0.2, 0.25) is 0 Å². The molecule has 1 rings (SSSR count). The number of rotatable bonds is 3. The summed E-state index contributed by atoms with van der Waals surface area (Å²) in [6, 6.07) is 9.22. The van der Waals surface area contributed by atoms with Gasteiger partial charge in [0.1, 0.15) is 6.61 Å². The Labute approximate surface area is 102 Å². The second-order valence-corrected chi connectivity index (χ2v) is 3.29. The van der Waals surface area contributed by atoms with E-state index in [-0.39, 0.29) is 12.7 Å². The van der Waals surface area contributed by atoms with Gasteiger partial charge in [0.15, 0.2) is 0 Å². The van der Waals surface area contributed by atoms with E-state index in [0.29, 0.717) is 6.61 Å². The first kappa shape index (κ1) is 14.3. The second kappa shape index (κ2) is 6.82. The summed E-state index contributed by atoms with van der Waals surface area (Å²) in [6.07, 6.45) is -4.79. The number of hydrogen-bond donors (Lipinski definition) is 0. The molecule has 0 fully saturated rings. The lowest BCUT2D eigenvalue weighted by atomic mass is 10.2. The van der Waals surface area contributed by atoms with E-state index in [1.807, 2.05) is 36.3 Å². The van der Waals surface area contributed by atoms with Crippen LogP contribution in [0.25, 0.3) is 0 Å². The number of alkyl halides is 3. The van der Waals surface area contributed by atoms with Gasteiger partial charge in [-0.25, -0.2) is 4.39 Å². The van der Waals surface area contributed by atoms with Gasteiger partial charge in [0.25, 0.3) is 0 Å². The van der Waals surface area contributed by atoms with Gasteiger partial charge in [0.05, 0.1) is 6.61 Å². The zero-order valence-electron chi connectivity index (χ0n) is 9.30. The largest absolute Gasteiger partial charge is 0.443 e. The molecule has 1 aromatic rings. The molecular weight excluding hydrogens is 248 g/mol. The van der Waals surface area contributed by atoms with Crippen LogP contribution in [0.15, 0.2) is 42.2 Å². The second-order valence-electron chi connectivity index (χ2n) is 3.29. The molecule has 0 spiro atoms. The maximum Gasteiger partial charge on any atom is 0.443 e. The summed E-state index contributed by atoms with van der Waals surface area (Å²) in [6.45, 7) is 0.248. The predicted molar refractivity (Wildman–Crippen MR) is 59.1 cm³/mol. The molecule has 0 heterocycles. The molecule has 0 aliphatic carbocycles. The van der Waals surface area contributed by atoms with E-state index in [9.17, 15) is 17.6 Å². The molecule has 0 aromatic heterocycles. The first-order chi connectivity index (χ1) is 8.50. The van der Waals surface area contributed by atoms with Crippen LogP contribution >= 0.6 is 0 Å². The van der Waals surface area contributed by atoms with Gasteiger partial charge in [-0.1, -0.05) is 42.2 Å². The van der Waals surface area contributed by atoms with Crippen molar-refractivity contribution in [2.45, 2.75) is 12.8 Å². The van der Waals surface area contributed by atoms with E-state index in [0.717, 1.165) is 5.56 Å². The zero-order valence-corrected chi connectivity index (χ0v) is 9.30. The molecule has 1 aromatic carbocycles. The average molecular weight is 258 g/mol. The minimum absolute atomic E-state index is 0.0590. The molecule has 0 saturated carbocycles. The molecule has 0 aliphatic rings. The molecule has 0 amide bonds. The quantitative estimate of drug-likeness (QED) is 0.457. The minimum atomic E-state index is -4.97. The van der Waals surface area contributed by atoms with Crippen molar-refractivity contribution in [2.24, 2.45) is 0 Å². The average Bonchev–Trinajstić information content (AvgIpc) is 2.33. The lowest BCUT2D eigenvalue weighted by Crippen LogP contribution is -2.07. The topological polar surface area (TPSA) is 9.23 Å². The molecule has 1 nitrogen and oxygen atoms in total. The Bertz CT molecular complexity index is 451. The standard InChI is InChI=1S/C13H10F4O/c14-12(13(15,16)17)8-4-5-9-18-10-11-6-2-1-3-7-11/h1-3,6-8H,9-10H2/b12-8-. The highest BCUT2D eigenvalue weighted by Gasteiger charge is 2.34. The van der Waals surface area contributed by atoms with Gasteiger partial charge in [-0.3, -0.25) is 0 Å². The highest BCUT2D eigenvalue weighted by atomic mass is 19.4. The van der Waals surface area contributed by atoms with Gasteiger partial charge in [0, 0.05) is 6.08 Å². The summed E-state index contributed by atoms with van der Waals surface area (Å²) >= 11 is 0. The highest BCUT2D eigenvalue weighted by Crippen LogP contribution is 2.25. The number of allylic oxidation sites excluding steroid dienone is 2. The van der Waals surface area contributed by atoms with E-state index >= 15 is 0 Å². The normalized spacial score (nSPS) is 11.9. The molecule has 0 atom stereocenters. The van der Waals surface area contributed by atoms with Crippen molar-refractivity contribution >= 4 is 0 Å². The summed E-state index contributed by atoms with van der Waals surface area (Å²) < 4.78 is 52.5. The van der Waals surface area contributed by atoms with Crippen molar-refractivity contribution in [1.82, 2.24) is 0 Å². The Kier molecular flexibility index (Phi) is 5.40.